The Labute approximate surface area is 166 Å². The molecule has 1 aromatic heterocycles. The Morgan fingerprint density at radius 2 is 1.57 bits per heavy atom. The van der Waals surface area contributed by atoms with Crippen LogP contribution in [0.15, 0.2) is 81.4 Å². The predicted molar refractivity (Wildman–Crippen MR) is 114 cm³/mol. The van der Waals surface area contributed by atoms with Crippen molar-refractivity contribution in [3.8, 4) is 0 Å². The van der Waals surface area contributed by atoms with Crippen LogP contribution in [0.2, 0.25) is 0 Å². The van der Waals surface area contributed by atoms with Crippen LogP contribution in [0.25, 0.3) is 0 Å². The summed E-state index contributed by atoms with van der Waals surface area (Å²) in [6.07, 6.45) is 1.60. The first-order valence-corrected chi connectivity index (χ1v) is 10.1. The summed E-state index contributed by atoms with van der Waals surface area (Å²) in [6, 6.07) is 19.2. The lowest BCUT2D eigenvalue weighted by molar-refractivity contribution is 0.615. The predicted octanol–water partition coefficient (Wildman–Crippen LogP) is 2.62. The van der Waals surface area contributed by atoms with Gasteiger partial charge < -0.3 is 5.32 Å². The van der Waals surface area contributed by atoms with E-state index in [-0.39, 0.29) is 17.8 Å². The van der Waals surface area contributed by atoms with E-state index in [1.54, 1.807) is 22.5 Å². The molecule has 28 heavy (non-hydrogen) atoms. The molecule has 0 atom stereocenters. The van der Waals surface area contributed by atoms with E-state index in [4.69, 9.17) is 0 Å². The number of hydrogen-bond acceptors (Lipinski definition) is 5. The number of nitrogens with zero attached hydrogens (tertiary/aromatic N) is 3. The minimum Gasteiger partial charge on any atom is -0.329 e. The number of nitrogens with one attached hydrogen (secondary N) is 1. The molecule has 4 rings (SSSR count). The topological polar surface area (TPSA) is 68.4 Å². The molecule has 1 aliphatic heterocycles. The van der Waals surface area contributed by atoms with Gasteiger partial charge in [0.25, 0.3) is 5.56 Å². The van der Waals surface area contributed by atoms with Crippen molar-refractivity contribution < 1.29 is 0 Å². The van der Waals surface area contributed by atoms with Crippen LogP contribution >= 0.6 is 11.8 Å². The largest absolute Gasteiger partial charge is 0.331 e. The van der Waals surface area contributed by atoms with Crippen LogP contribution in [0, 0.1) is 0 Å². The smallest absolute Gasteiger partial charge is 0.329 e. The Morgan fingerprint density at radius 1 is 0.929 bits per heavy atom. The molecule has 142 valence electrons. The zero-order valence-corrected chi connectivity index (χ0v) is 16.1. The van der Waals surface area contributed by atoms with Crippen molar-refractivity contribution in [2.75, 3.05) is 17.6 Å². The fraction of sp³-hybridized carbons (Fsp3) is 0.190. The molecular formula is C21H20N4O2S. The Hall–Kier alpha value is -3.06. The van der Waals surface area contributed by atoms with Crippen LogP contribution in [-0.4, -0.2) is 26.6 Å². The monoisotopic (exact) mass is 392 g/mol. The van der Waals surface area contributed by atoms with E-state index in [2.05, 4.69) is 10.3 Å². The van der Waals surface area contributed by atoms with Gasteiger partial charge in [0.15, 0.2) is 5.17 Å². The second-order valence-electron chi connectivity index (χ2n) is 6.48. The van der Waals surface area contributed by atoms with E-state index < -0.39 is 0 Å². The summed E-state index contributed by atoms with van der Waals surface area (Å²) in [5.74, 6) is 0.893. The van der Waals surface area contributed by atoms with E-state index in [0.717, 1.165) is 23.4 Å². The van der Waals surface area contributed by atoms with Gasteiger partial charge in [0.05, 0.1) is 19.6 Å². The summed E-state index contributed by atoms with van der Waals surface area (Å²) in [5.41, 5.74) is 1.59. The number of benzene rings is 2. The summed E-state index contributed by atoms with van der Waals surface area (Å²) in [5, 5.41) is 3.82. The van der Waals surface area contributed by atoms with Crippen LogP contribution in [0.3, 0.4) is 0 Å². The average Bonchev–Trinajstić information content (AvgIpc) is 3.24. The molecule has 3 aromatic rings. The van der Waals surface area contributed by atoms with Gasteiger partial charge in [-0.1, -0.05) is 72.4 Å². The fourth-order valence-corrected chi connectivity index (χ4v) is 3.80. The molecule has 2 aromatic carbocycles. The van der Waals surface area contributed by atoms with Crippen molar-refractivity contribution in [3.05, 3.63) is 98.8 Å². The van der Waals surface area contributed by atoms with Crippen molar-refractivity contribution in [2.45, 2.75) is 13.1 Å². The molecule has 1 N–H and O–H groups in total. The molecule has 0 radical (unpaired) electrons. The highest BCUT2D eigenvalue weighted by Gasteiger charge is 2.15. The summed E-state index contributed by atoms with van der Waals surface area (Å²) < 4.78 is 2.85. The minimum absolute atomic E-state index is 0.225. The Bertz CT molecular complexity index is 1100. The SMILES string of the molecule is O=c1c(NC2=NCCS2)cn(Cc2ccccc2)c(=O)n1Cc1ccccc1. The van der Waals surface area contributed by atoms with Crippen molar-refractivity contribution in [2.24, 2.45) is 4.99 Å². The number of thioether (sulfide) groups is 1. The van der Waals surface area contributed by atoms with Crippen LogP contribution in [0.1, 0.15) is 11.1 Å². The zero-order chi connectivity index (χ0) is 19.3. The number of aliphatic imine (C=N–C) groups is 1. The third-order valence-corrected chi connectivity index (χ3v) is 5.33. The molecule has 0 saturated heterocycles. The lowest BCUT2D eigenvalue weighted by atomic mass is 10.2. The molecule has 0 amide bonds. The molecule has 0 saturated carbocycles. The fourth-order valence-electron chi connectivity index (χ4n) is 3.06. The number of hydrogen-bond donors (Lipinski definition) is 1. The van der Waals surface area contributed by atoms with Crippen molar-refractivity contribution >= 4 is 22.6 Å². The summed E-state index contributed by atoms with van der Waals surface area (Å²) in [4.78, 5) is 30.4. The Morgan fingerprint density at radius 3 is 2.18 bits per heavy atom. The summed E-state index contributed by atoms with van der Waals surface area (Å²) in [6.45, 7) is 1.35. The van der Waals surface area contributed by atoms with Crippen molar-refractivity contribution in [1.29, 1.82) is 0 Å². The first-order chi connectivity index (χ1) is 13.7. The van der Waals surface area contributed by atoms with E-state index in [1.165, 1.54) is 4.57 Å². The van der Waals surface area contributed by atoms with Crippen LogP contribution in [-0.2, 0) is 13.1 Å². The maximum Gasteiger partial charge on any atom is 0.331 e. The van der Waals surface area contributed by atoms with Gasteiger partial charge >= 0.3 is 5.69 Å². The first kappa shape index (κ1) is 18.3. The normalized spacial score (nSPS) is 13.4. The molecule has 0 unspecified atom stereocenters. The van der Waals surface area contributed by atoms with Gasteiger partial charge in [0.1, 0.15) is 5.69 Å². The van der Waals surface area contributed by atoms with Gasteiger partial charge in [-0.2, -0.15) is 0 Å². The Balaban J connectivity index is 1.77. The molecule has 0 spiro atoms. The van der Waals surface area contributed by atoms with Crippen molar-refractivity contribution in [3.63, 3.8) is 0 Å². The highest BCUT2D eigenvalue weighted by atomic mass is 32.2. The molecule has 0 aliphatic carbocycles. The van der Waals surface area contributed by atoms with Gasteiger partial charge in [-0.25, -0.2) is 4.79 Å². The second kappa shape index (κ2) is 8.31. The van der Waals surface area contributed by atoms with E-state index in [1.807, 2.05) is 60.7 Å². The van der Waals surface area contributed by atoms with E-state index in [9.17, 15) is 9.59 Å². The molecule has 7 heteroatoms. The first-order valence-electron chi connectivity index (χ1n) is 9.07. The minimum atomic E-state index is -0.339. The molecule has 0 bridgehead atoms. The number of anilines is 1. The quantitative estimate of drug-likeness (QED) is 0.725. The maximum atomic E-state index is 13.1. The molecular weight excluding hydrogens is 372 g/mol. The van der Waals surface area contributed by atoms with Gasteiger partial charge in [-0.05, 0) is 11.1 Å². The van der Waals surface area contributed by atoms with Gasteiger partial charge in [0, 0.05) is 11.9 Å². The molecule has 2 heterocycles. The maximum absolute atomic E-state index is 13.1. The molecule has 1 aliphatic rings. The van der Waals surface area contributed by atoms with Gasteiger partial charge in [-0.15, -0.1) is 0 Å². The molecule has 0 fully saturated rings. The third-order valence-electron chi connectivity index (χ3n) is 4.44. The average molecular weight is 392 g/mol. The second-order valence-corrected chi connectivity index (χ2v) is 7.56. The lowest BCUT2D eigenvalue weighted by Crippen LogP contribution is -2.41. The number of aromatic nitrogens is 2. The summed E-state index contributed by atoms with van der Waals surface area (Å²) in [7, 11) is 0. The lowest BCUT2D eigenvalue weighted by Gasteiger charge is -2.14. The third kappa shape index (κ3) is 4.09. The zero-order valence-electron chi connectivity index (χ0n) is 15.2. The molecule has 6 nitrogen and oxygen atoms in total. The van der Waals surface area contributed by atoms with Crippen LogP contribution in [0.4, 0.5) is 5.69 Å². The van der Waals surface area contributed by atoms with E-state index >= 15 is 0 Å². The highest BCUT2D eigenvalue weighted by Crippen LogP contribution is 2.13. The van der Waals surface area contributed by atoms with Gasteiger partial charge in [0.2, 0.25) is 0 Å². The van der Waals surface area contributed by atoms with E-state index in [0.29, 0.717) is 17.4 Å². The van der Waals surface area contributed by atoms with Gasteiger partial charge in [-0.3, -0.25) is 18.9 Å². The number of rotatable bonds is 5. The van der Waals surface area contributed by atoms with Crippen LogP contribution in [0.5, 0.6) is 0 Å². The van der Waals surface area contributed by atoms with Crippen molar-refractivity contribution in [1.82, 2.24) is 9.13 Å². The standard InChI is InChI=1S/C21H20N4O2S/c26-19-18(23-20-22-11-12-28-20)15-24(13-16-7-3-1-4-8-16)21(27)25(19)14-17-9-5-2-6-10-17/h1-10,15H,11-14H2,(H,22,23). The highest BCUT2D eigenvalue weighted by molar-refractivity contribution is 8.14. The number of amidine groups is 1. The van der Waals surface area contributed by atoms with Crippen LogP contribution < -0.4 is 16.6 Å². The Kier molecular flexibility index (Phi) is 5.43. The summed E-state index contributed by atoms with van der Waals surface area (Å²) >= 11 is 1.57.